The zero-order chi connectivity index (χ0) is 23.9. The number of fused-ring (bicyclic) bond motifs is 1. The fourth-order valence-corrected chi connectivity index (χ4v) is 3.36. The first-order valence-corrected chi connectivity index (χ1v) is 10.8. The molecule has 0 saturated heterocycles. The molecule has 6 nitrogen and oxygen atoms in total. The number of carbonyl (C=O) groups excluding carboxylic acids is 2. The zero-order valence-electron chi connectivity index (χ0n) is 18.6. The second kappa shape index (κ2) is 10.4. The average Bonchev–Trinajstić information content (AvgIpc) is 2.87. The number of ether oxygens (including phenoxy) is 2. The van der Waals surface area contributed by atoms with Gasteiger partial charge in [0.2, 0.25) is 0 Å². The van der Waals surface area contributed by atoms with E-state index >= 15 is 0 Å². The van der Waals surface area contributed by atoms with E-state index in [1.807, 2.05) is 60.7 Å². The molecule has 3 aromatic carbocycles. The summed E-state index contributed by atoms with van der Waals surface area (Å²) < 4.78 is 10.8. The molecule has 0 unspecified atom stereocenters. The highest BCUT2D eigenvalue weighted by Gasteiger charge is 2.14. The minimum atomic E-state index is -0.546. The van der Waals surface area contributed by atoms with Gasteiger partial charge in [-0.3, -0.25) is 4.79 Å². The molecule has 34 heavy (non-hydrogen) atoms. The van der Waals surface area contributed by atoms with Crippen LogP contribution in [0, 0.1) is 0 Å². The molecule has 0 aliphatic rings. The summed E-state index contributed by atoms with van der Waals surface area (Å²) in [7, 11) is 0. The number of rotatable bonds is 8. The molecule has 0 saturated carbocycles. The second-order valence-electron chi connectivity index (χ2n) is 7.50. The fourth-order valence-electron chi connectivity index (χ4n) is 3.36. The molecule has 1 aromatic heterocycles. The van der Waals surface area contributed by atoms with Crippen LogP contribution in [0.2, 0.25) is 0 Å². The van der Waals surface area contributed by atoms with Crippen LogP contribution in [-0.4, -0.2) is 28.4 Å². The summed E-state index contributed by atoms with van der Waals surface area (Å²) >= 11 is 0. The van der Waals surface area contributed by atoms with Gasteiger partial charge in [-0.25, -0.2) is 9.78 Å². The zero-order valence-corrected chi connectivity index (χ0v) is 18.6. The summed E-state index contributed by atoms with van der Waals surface area (Å²) in [5.74, 6) is -0.492. The van der Waals surface area contributed by atoms with Gasteiger partial charge in [-0.2, -0.15) is 0 Å². The number of para-hydroxylation sites is 1. The number of phenols is 1. The predicted octanol–water partition coefficient (Wildman–Crippen LogP) is 5.59. The normalized spacial score (nSPS) is 11.0. The number of carbonyl (C=O) groups is 2. The minimum Gasteiger partial charge on any atom is -0.507 e. The van der Waals surface area contributed by atoms with Crippen molar-refractivity contribution < 1.29 is 24.2 Å². The van der Waals surface area contributed by atoms with Gasteiger partial charge in [0, 0.05) is 5.39 Å². The van der Waals surface area contributed by atoms with Crippen molar-refractivity contribution >= 4 is 28.7 Å². The molecule has 0 spiro atoms. The Morgan fingerprint density at radius 2 is 1.76 bits per heavy atom. The summed E-state index contributed by atoms with van der Waals surface area (Å²) in [4.78, 5) is 29.1. The van der Waals surface area contributed by atoms with Gasteiger partial charge in [-0.15, -0.1) is 0 Å². The Labute approximate surface area is 197 Å². The van der Waals surface area contributed by atoms with Gasteiger partial charge in [0.15, 0.2) is 5.78 Å². The standard InChI is InChI=1S/C28H23NO5/c1-2-33-28(32)21-11-16-27(31)24(17-21)26(30)15-9-19-7-13-23(14-8-19)34-18-22-12-10-20-5-3-4-6-25(20)29-22/h3-17,31H,2,18H2,1H3/b15-9+. The van der Waals surface area contributed by atoms with Crippen LogP contribution in [0.4, 0.5) is 0 Å². The van der Waals surface area contributed by atoms with Crippen LogP contribution in [0.1, 0.15) is 38.9 Å². The maximum Gasteiger partial charge on any atom is 0.338 e. The molecule has 4 aromatic rings. The van der Waals surface area contributed by atoms with E-state index in [0.29, 0.717) is 12.4 Å². The lowest BCUT2D eigenvalue weighted by atomic mass is 10.0. The molecule has 170 valence electrons. The molecule has 4 rings (SSSR count). The van der Waals surface area contributed by atoms with Gasteiger partial charge in [-0.05, 0) is 61.0 Å². The molecule has 1 N–H and O–H groups in total. The number of nitrogens with zero attached hydrogens (tertiary/aromatic N) is 1. The van der Waals surface area contributed by atoms with Gasteiger partial charge < -0.3 is 14.6 Å². The van der Waals surface area contributed by atoms with Gasteiger partial charge in [0.1, 0.15) is 18.1 Å². The number of ketones is 1. The Morgan fingerprint density at radius 1 is 0.971 bits per heavy atom. The Morgan fingerprint density at radius 3 is 2.56 bits per heavy atom. The van der Waals surface area contributed by atoms with Crippen molar-refractivity contribution in [3.63, 3.8) is 0 Å². The quantitative estimate of drug-likeness (QED) is 0.213. The molecule has 0 amide bonds. The maximum absolute atomic E-state index is 12.6. The number of aromatic hydroxyl groups is 1. The van der Waals surface area contributed by atoms with Crippen LogP contribution >= 0.6 is 0 Å². The molecule has 0 bridgehead atoms. The van der Waals surface area contributed by atoms with Crippen LogP contribution in [0.25, 0.3) is 17.0 Å². The van der Waals surface area contributed by atoms with Gasteiger partial charge >= 0.3 is 5.97 Å². The summed E-state index contributed by atoms with van der Waals surface area (Å²) in [5, 5.41) is 11.1. The van der Waals surface area contributed by atoms with Crippen molar-refractivity contribution in [1.82, 2.24) is 4.98 Å². The Bertz CT molecular complexity index is 1360. The van der Waals surface area contributed by atoms with E-state index in [1.165, 1.54) is 24.3 Å². The summed E-state index contributed by atoms with van der Waals surface area (Å²) in [6.07, 6.45) is 2.98. The van der Waals surface area contributed by atoms with Crippen LogP contribution < -0.4 is 4.74 Å². The highest BCUT2D eigenvalue weighted by atomic mass is 16.5. The highest BCUT2D eigenvalue weighted by Crippen LogP contribution is 2.21. The maximum atomic E-state index is 12.6. The van der Waals surface area contributed by atoms with E-state index in [0.717, 1.165) is 22.2 Å². The first-order chi connectivity index (χ1) is 16.5. The summed E-state index contributed by atoms with van der Waals surface area (Å²) in [6.45, 7) is 2.26. The third kappa shape index (κ3) is 5.48. The monoisotopic (exact) mass is 453 g/mol. The molecular weight excluding hydrogens is 430 g/mol. The summed E-state index contributed by atoms with van der Waals surface area (Å²) in [6, 6.07) is 23.2. The number of hydrogen-bond acceptors (Lipinski definition) is 6. The topological polar surface area (TPSA) is 85.7 Å². The molecule has 6 heteroatoms. The SMILES string of the molecule is CCOC(=O)c1ccc(O)c(C(=O)/C=C/c2ccc(OCc3ccc4ccccc4n3)cc2)c1. The Hall–Kier alpha value is -4.45. The molecule has 0 fully saturated rings. The number of phenolic OH excluding ortho intramolecular Hbond substituents is 1. The van der Waals surface area contributed by atoms with Crippen LogP contribution in [0.5, 0.6) is 11.5 Å². The van der Waals surface area contributed by atoms with E-state index in [9.17, 15) is 14.7 Å². The smallest absolute Gasteiger partial charge is 0.338 e. The van der Waals surface area contributed by atoms with Crippen molar-refractivity contribution in [2.75, 3.05) is 6.61 Å². The Balaban J connectivity index is 1.39. The molecule has 0 atom stereocenters. The largest absolute Gasteiger partial charge is 0.507 e. The molecule has 1 heterocycles. The van der Waals surface area contributed by atoms with Crippen molar-refractivity contribution in [1.29, 1.82) is 0 Å². The first kappa shape index (κ1) is 22.7. The predicted molar refractivity (Wildman–Crippen MR) is 130 cm³/mol. The van der Waals surface area contributed by atoms with Crippen molar-refractivity contribution in [2.45, 2.75) is 13.5 Å². The van der Waals surface area contributed by atoms with Crippen molar-refractivity contribution in [3.05, 3.63) is 107 Å². The second-order valence-corrected chi connectivity index (χ2v) is 7.50. The van der Waals surface area contributed by atoms with Gasteiger partial charge in [0.05, 0.1) is 28.9 Å². The third-order valence-corrected chi connectivity index (χ3v) is 5.12. The lowest BCUT2D eigenvalue weighted by Crippen LogP contribution is -2.06. The van der Waals surface area contributed by atoms with Crippen molar-refractivity contribution in [2.24, 2.45) is 0 Å². The highest BCUT2D eigenvalue weighted by molar-refractivity contribution is 6.09. The Kier molecular flexibility index (Phi) is 6.98. The lowest BCUT2D eigenvalue weighted by Gasteiger charge is -2.07. The number of benzene rings is 3. The van der Waals surface area contributed by atoms with E-state index in [4.69, 9.17) is 9.47 Å². The van der Waals surface area contributed by atoms with Crippen LogP contribution in [-0.2, 0) is 11.3 Å². The van der Waals surface area contributed by atoms with E-state index in [1.54, 1.807) is 13.0 Å². The molecule has 0 radical (unpaired) electrons. The van der Waals surface area contributed by atoms with Gasteiger partial charge in [0.25, 0.3) is 0 Å². The number of esters is 1. The van der Waals surface area contributed by atoms with Crippen LogP contribution in [0.3, 0.4) is 0 Å². The van der Waals surface area contributed by atoms with E-state index in [-0.39, 0.29) is 23.5 Å². The summed E-state index contributed by atoms with van der Waals surface area (Å²) in [5.41, 5.74) is 2.78. The average molecular weight is 453 g/mol. The fraction of sp³-hybridized carbons (Fsp3) is 0.107. The van der Waals surface area contributed by atoms with Crippen LogP contribution in [0.15, 0.2) is 84.9 Å². The third-order valence-electron chi connectivity index (χ3n) is 5.12. The molecular formula is C28H23NO5. The molecule has 0 aliphatic heterocycles. The number of hydrogen-bond donors (Lipinski definition) is 1. The van der Waals surface area contributed by atoms with E-state index in [2.05, 4.69) is 4.98 Å². The number of allylic oxidation sites excluding steroid dienone is 1. The van der Waals surface area contributed by atoms with Crippen molar-refractivity contribution in [3.8, 4) is 11.5 Å². The number of aromatic nitrogens is 1. The number of pyridine rings is 1. The van der Waals surface area contributed by atoms with E-state index < -0.39 is 11.8 Å². The minimum absolute atomic E-state index is 0.0321. The lowest BCUT2D eigenvalue weighted by molar-refractivity contribution is 0.0526. The first-order valence-electron chi connectivity index (χ1n) is 10.8. The van der Waals surface area contributed by atoms with Gasteiger partial charge in [-0.1, -0.05) is 42.5 Å². The molecule has 0 aliphatic carbocycles.